The maximum atomic E-state index is 13.8. The third kappa shape index (κ3) is 6.39. The van der Waals surface area contributed by atoms with Crippen molar-refractivity contribution in [1.82, 2.24) is 0 Å². The van der Waals surface area contributed by atoms with Gasteiger partial charge in [0.05, 0.1) is 18.4 Å². The van der Waals surface area contributed by atoms with Crippen molar-refractivity contribution in [2.75, 3.05) is 19.0 Å². The molecule has 5 heteroatoms. The van der Waals surface area contributed by atoms with E-state index in [0.717, 1.165) is 0 Å². The summed E-state index contributed by atoms with van der Waals surface area (Å²) in [5.41, 5.74) is 0.643. The number of halogens is 1. The van der Waals surface area contributed by atoms with Gasteiger partial charge in [0.25, 0.3) is 0 Å². The quantitative estimate of drug-likeness (QED) is 0.791. The Morgan fingerprint density at radius 3 is 2.90 bits per heavy atom. The van der Waals surface area contributed by atoms with Crippen LogP contribution in [-0.2, 0) is 9.53 Å². The highest BCUT2D eigenvalue weighted by molar-refractivity contribution is 5.90. The van der Waals surface area contributed by atoms with E-state index in [1.165, 1.54) is 12.1 Å². The first kappa shape index (κ1) is 17.2. The second-order valence-electron chi connectivity index (χ2n) is 4.60. The molecule has 0 radical (unpaired) electrons. The molecule has 4 nitrogen and oxygen atoms in total. The standard InChI is InChI=1S/C16H20FNO3/c1-12(21-2)6-9-16(20)18-15-8-7-13(11-14(15)17)5-3-4-10-19/h7-8,11-12,19H,4,6,9-10H2,1-2H3,(H,18,20). The molecule has 1 aromatic rings. The number of hydrogen-bond donors (Lipinski definition) is 2. The van der Waals surface area contributed by atoms with E-state index >= 15 is 0 Å². The summed E-state index contributed by atoms with van der Waals surface area (Å²) in [6.45, 7) is 1.84. The number of benzene rings is 1. The van der Waals surface area contributed by atoms with Gasteiger partial charge in [0.2, 0.25) is 5.91 Å². The number of anilines is 1. The molecule has 1 atom stereocenters. The van der Waals surface area contributed by atoms with Crippen molar-refractivity contribution in [1.29, 1.82) is 0 Å². The summed E-state index contributed by atoms with van der Waals surface area (Å²) in [6.07, 6.45) is 1.18. The minimum Gasteiger partial charge on any atom is -0.395 e. The Balaban J connectivity index is 2.60. The first-order valence-electron chi connectivity index (χ1n) is 6.78. The van der Waals surface area contributed by atoms with E-state index < -0.39 is 5.82 Å². The summed E-state index contributed by atoms with van der Waals surface area (Å²) in [4.78, 5) is 11.7. The Morgan fingerprint density at radius 2 is 2.29 bits per heavy atom. The average molecular weight is 293 g/mol. The van der Waals surface area contributed by atoms with Gasteiger partial charge in [-0.1, -0.05) is 11.8 Å². The minimum absolute atomic E-state index is 0.00947. The molecule has 0 aliphatic rings. The Morgan fingerprint density at radius 1 is 1.52 bits per heavy atom. The third-order valence-electron chi connectivity index (χ3n) is 2.89. The smallest absolute Gasteiger partial charge is 0.224 e. The number of aliphatic hydroxyl groups is 1. The first-order chi connectivity index (χ1) is 10.1. The summed E-state index contributed by atoms with van der Waals surface area (Å²) < 4.78 is 18.9. The molecule has 0 aliphatic heterocycles. The molecule has 21 heavy (non-hydrogen) atoms. The number of aliphatic hydroxyl groups excluding tert-OH is 1. The van der Waals surface area contributed by atoms with E-state index in [1.807, 2.05) is 6.92 Å². The van der Waals surface area contributed by atoms with Crippen LogP contribution in [0.5, 0.6) is 0 Å². The largest absolute Gasteiger partial charge is 0.395 e. The Labute approximate surface area is 124 Å². The number of ether oxygens (including phenoxy) is 1. The number of rotatable bonds is 6. The second-order valence-corrected chi connectivity index (χ2v) is 4.60. The van der Waals surface area contributed by atoms with Gasteiger partial charge in [-0.25, -0.2) is 4.39 Å². The maximum absolute atomic E-state index is 13.8. The minimum atomic E-state index is -0.529. The number of amides is 1. The van der Waals surface area contributed by atoms with Gasteiger partial charge in [0, 0.05) is 25.5 Å². The molecule has 0 spiro atoms. The van der Waals surface area contributed by atoms with E-state index in [9.17, 15) is 9.18 Å². The molecular formula is C16H20FNO3. The van der Waals surface area contributed by atoms with Gasteiger partial charge >= 0.3 is 0 Å². The molecule has 1 rings (SSSR count). The van der Waals surface area contributed by atoms with Crippen molar-refractivity contribution in [3.8, 4) is 11.8 Å². The van der Waals surface area contributed by atoms with Crippen molar-refractivity contribution in [2.45, 2.75) is 32.3 Å². The number of hydrogen-bond acceptors (Lipinski definition) is 3. The molecular weight excluding hydrogens is 273 g/mol. The molecule has 0 bridgehead atoms. The SMILES string of the molecule is COC(C)CCC(=O)Nc1ccc(C#CCCO)cc1F. The van der Waals surface area contributed by atoms with Gasteiger partial charge in [0.15, 0.2) is 0 Å². The van der Waals surface area contributed by atoms with E-state index in [4.69, 9.17) is 9.84 Å². The fourth-order valence-electron chi connectivity index (χ4n) is 1.58. The highest BCUT2D eigenvalue weighted by atomic mass is 19.1. The third-order valence-corrected chi connectivity index (χ3v) is 2.89. The number of methoxy groups -OCH3 is 1. The predicted molar refractivity (Wildman–Crippen MR) is 79.3 cm³/mol. The van der Waals surface area contributed by atoms with Crippen LogP contribution in [0.2, 0.25) is 0 Å². The van der Waals surface area contributed by atoms with Crippen LogP contribution in [0.25, 0.3) is 0 Å². The Bertz CT molecular complexity index is 534. The van der Waals surface area contributed by atoms with Gasteiger partial charge in [0.1, 0.15) is 5.82 Å². The topological polar surface area (TPSA) is 58.6 Å². The highest BCUT2D eigenvalue weighted by Gasteiger charge is 2.09. The molecule has 0 saturated heterocycles. The summed E-state index contributed by atoms with van der Waals surface area (Å²) in [7, 11) is 1.58. The Hall–Kier alpha value is -1.90. The number of carbonyl (C=O) groups excluding carboxylic acids is 1. The van der Waals surface area contributed by atoms with Crippen LogP contribution in [0.15, 0.2) is 18.2 Å². The molecule has 2 N–H and O–H groups in total. The van der Waals surface area contributed by atoms with Gasteiger partial charge in [-0.3, -0.25) is 4.79 Å². The van der Waals surface area contributed by atoms with E-state index in [2.05, 4.69) is 17.2 Å². The molecule has 0 aliphatic carbocycles. The fourth-order valence-corrected chi connectivity index (χ4v) is 1.58. The Kier molecular flexibility index (Phi) is 7.44. The lowest BCUT2D eigenvalue weighted by molar-refractivity contribution is -0.116. The van der Waals surface area contributed by atoms with Crippen molar-refractivity contribution in [2.24, 2.45) is 0 Å². The van der Waals surface area contributed by atoms with Crippen LogP contribution in [-0.4, -0.2) is 30.8 Å². The van der Waals surface area contributed by atoms with Crippen LogP contribution < -0.4 is 5.32 Å². The average Bonchev–Trinajstić information content (AvgIpc) is 2.47. The van der Waals surface area contributed by atoms with Gasteiger partial charge in [-0.2, -0.15) is 0 Å². The van der Waals surface area contributed by atoms with Crippen LogP contribution in [0.1, 0.15) is 31.7 Å². The summed E-state index contributed by atoms with van der Waals surface area (Å²) >= 11 is 0. The summed E-state index contributed by atoms with van der Waals surface area (Å²) in [6, 6.07) is 4.37. The zero-order valence-electron chi connectivity index (χ0n) is 12.3. The van der Waals surface area contributed by atoms with Crippen molar-refractivity contribution in [3.63, 3.8) is 0 Å². The molecule has 0 aromatic heterocycles. The maximum Gasteiger partial charge on any atom is 0.224 e. The molecule has 0 heterocycles. The molecule has 0 fully saturated rings. The lowest BCUT2D eigenvalue weighted by Gasteiger charge is -2.10. The highest BCUT2D eigenvalue weighted by Crippen LogP contribution is 2.16. The molecule has 0 saturated carbocycles. The van der Waals surface area contributed by atoms with Crippen molar-refractivity contribution >= 4 is 11.6 Å². The molecule has 1 amide bonds. The van der Waals surface area contributed by atoms with Crippen LogP contribution in [0.4, 0.5) is 10.1 Å². The van der Waals surface area contributed by atoms with Crippen molar-refractivity contribution < 1.29 is 19.0 Å². The lowest BCUT2D eigenvalue weighted by Crippen LogP contribution is -2.15. The molecule has 1 unspecified atom stereocenters. The molecule has 1 aromatic carbocycles. The van der Waals surface area contributed by atoms with E-state index in [-0.39, 0.29) is 30.7 Å². The monoisotopic (exact) mass is 293 g/mol. The normalized spacial score (nSPS) is 11.4. The second kappa shape index (κ2) is 9.11. The fraction of sp³-hybridized carbons (Fsp3) is 0.438. The van der Waals surface area contributed by atoms with Gasteiger partial charge < -0.3 is 15.2 Å². The van der Waals surface area contributed by atoms with Crippen molar-refractivity contribution in [3.05, 3.63) is 29.6 Å². The van der Waals surface area contributed by atoms with Gasteiger partial charge in [-0.15, -0.1) is 0 Å². The van der Waals surface area contributed by atoms with E-state index in [1.54, 1.807) is 13.2 Å². The zero-order chi connectivity index (χ0) is 15.7. The van der Waals surface area contributed by atoms with E-state index in [0.29, 0.717) is 18.4 Å². The predicted octanol–water partition coefficient (Wildman–Crippen LogP) is 2.31. The van der Waals surface area contributed by atoms with Gasteiger partial charge in [-0.05, 0) is 31.5 Å². The number of nitrogens with one attached hydrogen (secondary N) is 1. The summed E-state index contributed by atoms with van der Waals surface area (Å²) in [5, 5.41) is 11.1. The first-order valence-corrected chi connectivity index (χ1v) is 6.78. The molecule has 114 valence electrons. The number of carbonyl (C=O) groups is 1. The zero-order valence-corrected chi connectivity index (χ0v) is 12.3. The lowest BCUT2D eigenvalue weighted by atomic mass is 10.1. The van der Waals surface area contributed by atoms with Crippen LogP contribution in [0.3, 0.4) is 0 Å². The summed E-state index contributed by atoms with van der Waals surface area (Å²) in [5.74, 6) is 4.66. The van der Waals surface area contributed by atoms with Crippen LogP contribution >= 0.6 is 0 Å². The van der Waals surface area contributed by atoms with Crippen LogP contribution in [0, 0.1) is 17.7 Å².